The highest BCUT2D eigenvalue weighted by atomic mass is 19.1. The quantitative estimate of drug-likeness (QED) is 0.620. The van der Waals surface area contributed by atoms with Gasteiger partial charge in [-0.05, 0) is 54.3 Å². The molecule has 0 radical (unpaired) electrons. The number of carbonyl (C=O) groups excluding carboxylic acids is 1. The fourth-order valence-corrected chi connectivity index (χ4v) is 2.23. The number of nitrogens with one attached hydrogen (secondary N) is 1. The Bertz CT molecular complexity index is 771. The van der Waals surface area contributed by atoms with Gasteiger partial charge in [-0.2, -0.15) is 5.10 Å². The molecule has 1 fully saturated rings. The molecule has 3 rings (SSSR count). The molecule has 0 bridgehead atoms. The van der Waals surface area contributed by atoms with Crippen LogP contribution in [-0.4, -0.2) is 19.2 Å². The van der Waals surface area contributed by atoms with E-state index in [9.17, 15) is 9.18 Å². The van der Waals surface area contributed by atoms with E-state index in [-0.39, 0.29) is 17.6 Å². The van der Waals surface area contributed by atoms with Gasteiger partial charge in [-0.1, -0.05) is 12.1 Å². The first-order valence-electron chi connectivity index (χ1n) is 8.04. The summed E-state index contributed by atoms with van der Waals surface area (Å²) < 4.78 is 24.0. The van der Waals surface area contributed by atoms with Crippen LogP contribution >= 0.6 is 0 Å². The molecule has 25 heavy (non-hydrogen) atoms. The second kappa shape index (κ2) is 7.79. The third-order valence-corrected chi connectivity index (χ3v) is 3.83. The van der Waals surface area contributed by atoms with E-state index in [1.165, 1.54) is 12.1 Å². The zero-order valence-corrected chi connectivity index (χ0v) is 13.9. The first-order valence-corrected chi connectivity index (χ1v) is 8.04. The van der Waals surface area contributed by atoms with E-state index in [1.807, 2.05) is 6.07 Å². The van der Waals surface area contributed by atoms with Gasteiger partial charge < -0.3 is 9.47 Å². The number of rotatable bonds is 7. The highest BCUT2D eigenvalue weighted by Crippen LogP contribution is 2.29. The normalized spacial score (nSPS) is 13.7. The molecule has 130 valence electrons. The van der Waals surface area contributed by atoms with Crippen LogP contribution in [0.5, 0.6) is 11.5 Å². The molecule has 0 spiro atoms. The summed E-state index contributed by atoms with van der Waals surface area (Å²) >= 11 is 0. The van der Waals surface area contributed by atoms with Crippen molar-refractivity contribution in [3.63, 3.8) is 0 Å². The molecule has 1 N–H and O–H groups in total. The largest absolute Gasteiger partial charge is 0.493 e. The minimum Gasteiger partial charge on any atom is -0.493 e. The van der Waals surface area contributed by atoms with Crippen molar-refractivity contribution >= 4 is 12.1 Å². The van der Waals surface area contributed by atoms with Crippen molar-refractivity contribution in [3.05, 3.63) is 59.4 Å². The molecule has 0 aromatic heterocycles. The highest BCUT2D eigenvalue weighted by molar-refractivity contribution is 5.84. The van der Waals surface area contributed by atoms with Gasteiger partial charge in [0.2, 0.25) is 5.91 Å². The molecular formula is C19H19FN2O3. The maximum absolute atomic E-state index is 12.9. The average molecular weight is 342 g/mol. The Morgan fingerprint density at radius 2 is 2.00 bits per heavy atom. The summed E-state index contributed by atoms with van der Waals surface area (Å²) in [4.78, 5) is 11.5. The van der Waals surface area contributed by atoms with Crippen LogP contribution in [0.3, 0.4) is 0 Å². The summed E-state index contributed by atoms with van der Waals surface area (Å²) in [5.74, 6) is 0.931. The summed E-state index contributed by atoms with van der Waals surface area (Å²) in [6.07, 6.45) is 3.44. The molecule has 0 atom stereocenters. The standard InChI is InChI=1S/C19H19FN2O3/c1-24-18-10-14(11-21-22-19(23)15-5-6-15)4-9-17(18)25-12-13-2-7-16(20)8-3-13/h2-4,7-11,15H,5-6,12H2,1H3,(H,22,23)/b21-11-. The van der Waals surface area contributed by atoms with Crippen LogP contribution in [-0.2, 0) is 11.4 Å². The van der Waals surface area contributed by atoms with E-state index in [4.69, 9.17) is 9.47 Å². The summed E-state index contributed by atoms with van der Waals surface area (Å²) in [6.45, 7) is 0.307. The molecule has 0 saturated heterocycles. The number of amides is 1. The van der Waals surface area contributed by atoms with E-state index < -0.39 is 0 Å². The lowest BCUT2D eigenvalue weighted by atomic mass is 10.2. The molecular weight excluding hydrogens is 323 g/mol. The lowest BCUT2D eigenvalue weighted by molar-refractivity contribution is -0.122. The van der Waals surface area contributed by atoms with Gasteiger partial charge in [0.1, 0.15) is 12.4 Å². The predicted octanol–water partition coefficient (Wildman–Crippen LogP) is 3.27. The molecule has 2 aromatic carbocycles. The molecule has 2 aromatic rings. The lowest BCUT2D eigenvalue weighted by Crippen LogP contribution is -2.18. The Morgan fingerprint density at radius 3 is 2.68 bits per heavy atom. The number of hydrazone groups is 1. The number of carbonyl (C=O) groups is 1. The van der Waals surface area contributed by atoms with Crippen LogP contribution in [0.2, 0.25) is 0 Å². The summed E-state index contributed by atoms with van der Waals surface area (Å²) in [7, 11) is 1.55. The first-order chi connectivity index (χ1) is 12.2. The smallest absolute Gasteiger partial charge is 0.243 e. The molecule has 0 unspecified atom stereocenters. The third kappa shape index (κ3) is 4.79. The van der Waals surface area contributed by atoms with Gasteiger partial charge in [0, 0.05) is 5.92 Å². The number of halogens is 1. The van der Waals surface area contributed by atoms with Gasteiger partial charge >= 0.3 is 0 Å². The Kier molecular flexibility index (Phi) is 5.28. The second-order valence-electron chi connectivity index (χ2n) is 5.83. The molecule has 1 amide bonds. The summed E-state index contributed by atoms with van der Waals surface area (Å²) in [5, 5.41) is 3.95. The van der Waals surface area contributed by atoms with Crippen molar-refractivity contribution in [1.82, 2.24) is 5.43 Å². The number of hydrogen-bond acceptors (Lipinski definition) is 4. The zero-order valence-electron chi connectivity index (χ0n) is 13.9. The summed E-state index contributed by atoms with van der Waals surface area (Å²) in [5.41, 5.74) is 4.16. The number of nitrogens with zero attached hydrogens (tertiary/aromatic N) is 1. The topological polar surface area (TPSA) is 59.9 Å². The van der Waals surface area contributed by atoms with E-state index in [0.29, 0.717) is 18.1 Å². The van der Waals surface area contributed by atoms with Crippen molar-refractivity contribution in [1.29, 1.82) is 0 Å². The second-order valence-corrected chi connectivity index (χ2v) is 5.83. The number of benzene rings is 2. The van der Waals surface area contributed by atoms with Crippen LogP contribution < -0.4 is 14.9 Å². The summed E-state index contributed by atoms with van der Waals surface area (Å²) in [6, 6.07) is 11.5. The predicted molar refractivity (Wildman–Crippen MR) is 92.2 cm³/mol. The maximum atomic E-state index is 12.9. The zero-order chi connectivity index (χ0) is 17.6. The van der Waals surface area contributed by atoms with Crippen LogP contribution in [0.15, 0.2) is 47.6 Å². The fraction of sp³-hybridized carbons (Fsp3) is 0.263. The highest BCUT2D eigenvalue weighted by Gasteiger charge is 2.29. The number of methoxy groups -OCH3 is 1. The molecule has 1 aliphatic rings. The SMILES string of the molecule is COc1cc(/C=N\NC(=O)C2CC2)ccc1OCc1ccc(F)cc1. The van der Waals surface area contributed by atoms with Crippen LogP contribution in [0.4, 0.5) is 4.39 Å². The van der Waals surface area contributed by atoms with Gasteiger partial charge in [0.05, 0.1) is 13.3 Å². The average Bonchev–Trinajstić information content (AvgIpc) is 3.47. The van der Waals surface area contributed by atoms with Gasteiger partial charge in [-0.3, -0.25) is 4.79 Å². The van der Waals surface area contributed by atoms with Crippen LogP contribution in [0.25, 0.3) is 0 Å². The Labute approximate surface area is 145 Å². The Balaban J connectivity index is 1.61. The van der Waals surface area contributed by atoms with Gasteiger partial charge in [0.25, 0.3) is 0 Å². The lowest BCUT2D eigenvalue weighted by Gasteiger charge is -2.11. The van der Waals surface area contributed by atoms with Crippen molar-refractivity contribution < 1.29 is 18.7 Å². The number of ether oxygens (including phenoxy) is 2. The van der Waals surface area contributed by atoms with Gasteiger partial charge in [0.15, 0.2) is 11.5 Å². The van der Waals surface area contributed by atoms with E-state index in [0.717, 1.165) is 24.0 Å². The Hall–Kier alpha value is -2.89. The maximum Gasteiger partial charge on any atom is 0.243 e. The van der Waals surface area contributed by atoms with Crippen molar-refractivity contribution in [2.24, 2.45) is 11.0 Å². The van der Waals surface area contributed by atoms with Crippen molar-refractivity contribution in [2.75, 3.05) is 7.11 Å². The van der Waals surface area contributed by atoms with E-state index in [2.05, 4.69) is 10.5 Å². The molecule has 5 nitrogen and oxygen atoms in total. The van der Waals surface area contributed by atoms with Gasteiger partial charge in [-0.25, -0.2) is 9.82 Å². The van der Waals surface area contributed by atoms with Crippen LogP contribution in [0, 0.1) is 11.7 Å². The molecule has 1 saturated carbocycles. The third-order valence-electron chi connectivity index (χ3n) is 3.83. The van der Waals surface area contributed by atoms with Crippen LogP contribution in [0.1, 0.15) is 24.0 Å². The fourth-order valence-electron chi connectivity index (χ4n) is 2.23. The number of hydrogen-bond donors (Lipinski definition) is 1. The minimum absolute atomic E-state index is 0.0394. The first kappa shape index (κ1) is 17.0. The monoisotopic (exact) mass is 342 g/mol. The van der Waals surface area contributed by atoms with Crippen molar-refractivity contribution in [2.45, 2.75) is 19.4 Å². The molecule has 6 heteroatoms. The molecule has 0 aliphatic heterocycles. The van der Waals surface area contributed by atoms with Gasteiger partial charge in [-0.15, -0.1) is 0 Å². The minimum atomic E-state index is -0.279. The Morgan fingerprint density at radius 1 is 1.24 bits per heavy atom. The van der Waals surface area contributed by atoms with Crippen molar-refractivity contribution in [3.8, 4) is 11.5 Å². The van der Waals surface area contributed by atoms with E-state index >= 15 is 0 Å². The van der Waals surface area contributed by atoms with E-state index in [1.54, 1.807) is 37.6 Å². The molecule has 1 aliphatic carbocycles. The molecule has 0 heterocycles.